The zero-order valence-electron chi connectivity index (χ0n) is 15.4. The van der Waals surface area contributed by atoms with Gasteiger partial charge in [0, 0.05) is 23.2 Å². The summed E-state index contributed by atoms with van der Waals surface area (Å²) in [6, 6.07) is 5.97. The molecule has 0 saturated heterocycles. The van der Waals surface area contributed by atoms with Crippen molar-refractivity contribution < 1.29 is 9.18 Å². The van der Waals surface area contributed by atoms with Crippen molar-refractivity contribution in [2.75, 3.05) is 11.1 Å². The van der Waals surface area contributed by atoms with Crippen molar-refractivity contribution in [2.24, 2.45) is 16.6 Å². The molecule has 0 spiro atoms. The van der Waals surface area contributed by atoms with Crippen LogP contribution in [0, 0.1) is 11.7 Å². The molecule has 1 aliphatic carbocycles. The van der Waals surface area contributed by atoms with Gasteiger partial charge in [0.05, 0.1) is 15.6 Å². The molecule has 1 amide bonds. The second-order valence-corrected chi connectivity index (χ2v) is 9.14. The Kier molecular flexibility index (Phi) is 5.73. The normalized spacial score (nSPS) is 23.8. The Hall–Kier alpha value is -1.83. The minimum atomic E-state index is -0.686. The summed E-state index contributed by atoms with van der Waals surface area (Å²) in [5.41, 5.74) is 6.31. The van der Waals surface area contributed by atoms with Gasteiger partial charge in [-0.05, 0) is 43.0 Å². The maximum atomic E-state index is 14.9. The number of aliphatic imine (C=N–C) groups is 1. The standard InChI is InChI=1S/C20H19Cl2FN4OS/c21-12-7-15(22)17(25-9-12)18(28)26-13-4-5-16(23)14(8-13)20-6-2-1-3-11(20)10-29-19(24)27-20/h4-5,7-9,11H,1-3,6,10H2,(H2,24,27)(H,26,28). The van der Waals surface area contributed by atoms with E-state index in [1.54, 1.807) is 6.07 Å². The Morgan fingerprint density at radius 3 is 2.93 bits per heavy atom. The number of fused-ring (bicyclic) bond motifs is 1. The van der Waals surface area contributed by atoms with Crippen LogP contribution in [0.1, 0.15) is 41.7 Å². The fraction of sp³-hybridized carbons (Fsp3) is 0.350. The van der Waals surface area contributed by atoms with Crippen molar-refractivity contribution in [3.8, 4) is 0 Å². The first-order chi connectivity index (χ1) is 13.9. The van der Waals surface area contributed by atoms with E-state index in [4.69, 9.17) is 33.9 Å². The van der Waals surface area contributed by atoms with E-state index in [1.807, 2.05) is 0 Å². The summed E-state index contributed by atoms with van der Waals surface area (Å²) in [6.07, 6.45) is 5.11. The number of aromatic nitrogens is 1. The molecule has 3 N–H and O–H groups in total. The molecule has 4 rings (SSSR count). The van der Waals surface area contributed by atoms with Crippen LogP contribution in [-0.2, 0) is 5.54 Å². The maximum absolute atomic E-state index is 14.9. The number of amidine groups is 1. The number of carbonyl (C=O) groups excluding carboxylic acids is 1. The van der Waals surface area contributed by atoms with Gasteiger partial charge in [0.1, 0.15) is 11.5 Å². The van der Waals surface area contributed by atoms with Crippen molar-refractivity contribution >= 4 is 51.7 Å². The molecule has 1 aliphatic heterocycles. The van der Waals surface area contributed by atoms with Crippen LogP contribution >= 0.6 is 35.0 Å². The molecule has 29 heavy (non-hydrogen) atoms. The minimum Gasteiger partial charge on any atom is -0.379 e. The van der Waals surface area contributed by atoms with Gasteiger partial charge < -0.3 is 11.1 Å². The lowest BCUT2D eigenvalue weighted by Crippen LogP contribution is -2.43. The Morgan fingerprint density at radius 2 is 2.14 bits per heavy atom. The summed E-state index contributed by atoms with van der Waals surface area (Å²) in [7, 11) is 0. The Balaban J connectivity index is 1.69. The van der Waals surface area contributed by atoms with E-state index in [9.17, 15) is 9.18 Å². The van der Waals surface area contributed by atoms with E-state index in [0.29, 0.717) is 21.4 Å². The molecule has 1 saturated carbocycles. The molecule has 0 bridgehead atoms. The molecule has 1 aromatic carbocycles. The highest BCUT2D eigenvalue weighted by atomic mass is 35.5. The number of anilines is 1. The second kappa shape index (κ2) is 8.13. The number of hydrogen-bond acceptors (Lipinski definition) is 5. The molecule has 1 aromatic heterocycles. The molecule has 2 aromatic rings. The number of nitrogens with zero attached hydrogens (tertiary/aromatic N) is 2. The number of nitrogens with two attached hydrogens (primary N) is 1. The molecule has 9 heteroatoms. The Bertz CT molecular complexity index is 1000. The SMILES string of the molecule is NC1=NC2(c3cc(NC(=O)c4ncc(Cl)cc4Cl)ccc3F)CCCCC2CS1. The monoisotopic (exact) mass is 452 g/mol. The highest BCUT2D eigenvalue weighted by Gasteiger charge is 2.46. The number of halogens is 3. The fourth-order valence-electron chi connectivity index (χ4n) is 4.13. The molecular formula is C20H19Cl2FN4OS. The topological polar surface area (TPSA) is 80.4 Å². The number of nitrogens with one attached hydrogen (secondary N) is 1. The lowest BCUT2D eigenvalue weighted by molar-refractivity contribution is 0.102. The van der Waals surface area contributed by atoms with Crippen LogP contribution in [0.15, 0.2) is 35.5 Å². The van der Waals surface area contributed by atoms with Gasteiger partial charge in [-0.15, -0.1) is 0 Å². The van der Waals surface area contributed by atoms with Gasteiger partial charge in [0.25, 0.3) is 5.91 Å². The van der Waals surface area contributed by atoms with Crippen LogP contribution in [0.25, 0.3) is 0 Å². The van der Waals surface area contributed by atoms with Crippen molar-refractivity contribution in [1.82, 2.24) is 4.98 Å². The van der Waals surface area contributed by atoms with Crippen molar-refractivity contribution in [3.63, 3.8) is 0 Å². The zero-order chi connectivity index (χ0) is 20.6. The molecule has 152 valence electrons. The minimum absolute atomic E-state index is 0.0481. The van der Waals surface area contributed by atoms with Crippen molar-refractivity contribution in [3.05, 3.63) is 57.6 Å². The number of pyridine rings is 1. The third-order valence-corrected chi connectivity index (χ3v) is 6.94. The molecule has 0 radical (unpaired) electrons. The summed E-state index contributed by atoms with van der Waals surface area (Å²) in [6.45, 7) is 0. The lowest BCUT2D eigenvalue weighted by atomic mass is 9.69. The molecule has 2 atom stereocenters. The third-order valence-electron chi connectivity index (χ3n) is 5.49. The van der Waals surface area contributed by atoms with Gasteiger partial charge in [-0.25, -0.2) is 9.37 Å². The van der Waals surface area contributed by atoms with Crippen LogP contribution in [0.3, 0.4) is 0 Å². The fourth-order valence-corrected chi connectivity index (χ4v) is 5.64. The van der Waals surface area contributed by atoms with Gasteiger partial charge >= 0.3 is 0 Å². The van der Waals surface area contributed by atoms with Gasteiger partial charge in [0.2, 0.25) is 0 Å². The third kappa shape index (κ3) is 3.96. The van der Waals surface area contributed by atoms with Crippen molar-refractivity contribution in [1.29, 1.82) is 0 Å². The average molecular weight is 453 g/mol. The van der Waals surface area contributed by atoms with E-state index in [1.165, 1.54) is 36.2 Å². The number of carbonyl (C=O) groups is 1. The summed E-state index contributed by atoms with van der Waals surface area (Å²) in [5, 5.41) is 3.71. The first kappa shape index (κ1) is 20.4. The zero-order valence-corrected chi connectivity index (χ0v) is 17.8. The molecule has 2 aliphatic rings. The lowest BCUT2D eigenvalue weighted by Gasteiger charge is -2.44. The Labute approximate surface area is 182 Å². The van der Waals surface area contributed by atoms with Gasteiger partial charge in [-0.3, -0.25) is 9.79 Å². The number of amides is 1. The molecule has 5 nitrogen and oxygen atoms in total. The van der Waals surface area contributed by atoms with Crippen molar-refractivity contribution in [2.45, 2.75) is 31.2 Å². The smallest absolute Gasteiger partial charge is 0.275 e. The summed E-state index contributed by atoms with van der Waals surface area (Å²) in [4.78, 5) is 21.3. The van der Waals surface area contributed by atoms with Crippen LogP contribution in [-0.4, -0.2) is 21.8 Å². The predicted molar refractivity (Wildman–Crippen MR) is 116 cm³/mol. The number of benzene rings is 1. The average Bonchev–Trinajstić information content (AvgIpc) is 2.69. The maximum Gasteiger partial charge on any atom is 0.275 e. The molecule has 1 fully saturated rings. The highest BCUT2D eigenvalue weighted by molar-refractivity contribution is 8.13. The van der Waals surface area contributed by atoms with E-state index in [2.05, 4.69) is 10.3 Å². The summed E-state index contributed by atoms with van der Waals surface area (Å²) < 4.78 is 14.9. The van der Waals surface area contributed by atoms with E-state index >= 15 is 0 Å². The van der Waals surface area contributed by atoms with Gasteiger partial charge in [0.15, 0.2) is 5.17 Å². The molecule has 2 heterocycles. The van der Waals surface area contributed by atoms with Crippen LogP contribution in [0.4, 0.5) is 10.1 Å². The van der Waals surface area contributed by atoms with E-state index < -0.39 is 11.4 Å². The Morgan fingerprint density at radius 1 is 1.31 bits per heavy atom. The van der Waals surface area contributed by atoms with E-state index in [0.717, 1.165) is 31.4 Å². The largest absolute Gasteiger partial charge is 0.379 e. The van der Waals surface area contributed by atoms with E-state index in [-0.39, 0.29) is 22.5 Å². The first-order valence-electron chi connectivity index (χ1n) is 9.29. The number of thioether (sulfide) groups is 1. The summed E-state index contributed by atoms with van der Waals surface area (Å²) >= 11 is 13.4. The first-order valence-corrected chi connectivity index (χ1v) is 11.0. The molecular weight excluding hydrogens is 434 g/mol. The molecule has 2 unspecified atom stereocenters. The van der Waals surface area contributed by atoms with Gasteiger partial charge in [-0.2, -0.15) is 0 Å². The van der Waals surface area contributed by atoms with Crippen LogP contribution in [0.5, 0.6) is 0 Å². The highest BCUT2D eigenvalue weighted by Crippen LogP contribution is 2.50. The van der Waals surface area contributed by atoms with Crippen LogP contribution in [0.2, 0.25) is 10.0 Å². The van der Waals surface area contributed by atoms with Crippen LogP contribution < -0.4 is 11.1 Å². The quantitative estimate of drug-likeness (QED) is 0.667. The second-order valence-electron chi connectivity index (χ2n) is 7.26. The number of rotatable bonds is 3. The number of hydrogen-bond donors (Lipinski definition) is 2. The van der Waals surface area contributed by atoms with Gasteiger partial charge in [-0.1, -0.05) is 47.8 Å². The predicted octanol–water partition coefficient (Wildman–Crippen LogP) is 5.23. The summed E-state index contributed by atoms with van der Waals surface area (Å²) in [5.74, 6) is 0.182.